The first-order valence-electron chi connectivity index (χ1n) is 8.39. The van der Waals surface area contributed by atoms with E-state index in [1.807, 2.05) is 17.5 Å². The van der Waals surface area contributed by atoms with E-state index in [2.05, 4.69) is 10.3 Å². The van der Waals surface area contributed by atoms with Crippen LogP contribution in [-0.4, -0.2) is 34.3 Å². The van der Waals surface area contributed by atoms with Gasteiger partial charge in [0.1, 0.15) is 6.04 Å². The van der Waals surface area contributed by atoms with Crippen LogP contribution < -0.4 is 5.32 Å². The molecule has 1 aliphatic heterocycles. The van der Waals surface area contributed by atoms with Crippen molar-refractivity contribution in [2.45, 2.75) is 25.3 Å². The molecule has 9 heteroatoms. The number of nitrogens with zero attached hydrogens (tertiary/aromatic N) is 2. The summed E-state index contributed by atoms with van der Waals surface area (Å²) in [5.74, 6) is -2.34. The van der Waals surface area contributed by atoms with E-state index < -0.39 is 17.7 Å². The van der Waals surface area contributed by atoms with Gasteiger partial charge in [0.15, 0.2) is 16.8 Å². The molecule has 5 nitrogen and oxygen atoms in total. The Bertz CT molecular complexity index is 965. The largest absolute Gasteiger partial charge is 0.330 e. The zero-order valence-corrected chi connectivity index (χ0v) is 15.7. The predicted octanol–water partition coefficient (Wildman–Crippen LogP) is 3.81. The van der Waals surface area contributed by atoms with Crippen molar-refractivity contribution in [1.82, 2.24) is 9.88 Å². The summed E-state index contributed by atoms with van der Waals surface area (Å²) in [6.07, 6.45) is 1.61. The Labute approximate surface area is 161 Å². The van der Waals surface area contributed by atoms with Gasteiger partial charge >= 0.3 is 0 Å². The molecule has 140 valence electrons. The van der Waals surface area contributed by atoms with Gasteiger partial charge in [-0.2, -0.15) is 0 Å². The fourth-order valence-electron chi connectivity index (χ4n) is 3.17. The molecule has 0 radical (unpaired) electrons. The van der Waals surface area contributed by atoms with Gasteiger partial charge < -0.3 is 10.2 Å². The highest BCUT2D eigenvalue weighted by atomic mass is 32.1. The van der Waals surface area contributed by atoms with E-state index in [0.717, 1.165) is 34.8 Å². The van der Waals surface area contributed by atoms with Crippen molar-refractivity contribution in [2.24, 2.45) is 0 Å². The third-order valence-electron chi connectivity index (χ3n) is 4.44. The van der Waals surface area contributed by atoms with Gasteiger partial charge in [0, 0.05) is 17.5 Å². The Kier molecular flexibility index (Phi) is 4.88. The third-order valence-corrected chi connectivity index (χ3v) is 6.25. The third kappa shape index (κ3) is 3.70. The first kappa shape index (κ1) is 18.0. The normalized spacial score (nSPS) is 16.8. The minimum Gasteiger partial charge on any atom is -0.330 e. The maximum Gasteiger partial charge on any atom is 0.248 e. The second-order valence-electron chi connectivity index (χ2n) is 6.24. The second-order valence-corrected chi connectivity index (χ2v) is 8.31. The van der Waals surface area contributed by atoms with E-state index in [9.17, 15) is 18.4 Å². The molecule has 0 aliphatic carbocycles. The van der Waals surface area contributed by atoms with Crippen LogP contribution >= 0.6 is 22.7 Å². The first-order valence-corrected chi connectivity index (χ1v) is 10.1. The van der Waals surface area contributed by atoms with Crippen molar-refractivity contribution in [1.29, 1.82) is 0 Å². The van der Waals surface area contributed by atoms with E-state index in [-0.39, 0.29) is 28.9 Å². The number of hydrogen-bond donors (Lipinski definition) is 1. The number of aromatic nitrogens is 1. The van der Waals surface area contributed by atoms with Crippen molar-refractivity contribution in [2.75, 3.05) is 11.9 Å². The number of thiazole rings is 1. The number of carbonyl (C=O) groups is 2. The summed E-state index contributed by atoms with van der Waals surface area (Å²) in [6, 6.07) is 5.29. The number of benzene rings is 1. The van der Waals surface area contributed by atoms with Crippen LogP contribution in [-0.2, 0) is 16.0 Å². The molecule has 1 unspecified atom stereocenters. The van der Waals surface area contributed by atoms with E-state index >= 15 is 0 Å². The maximum atomic E-state index is 13.3. The molecule has 0 saturated carbocycles. The molecule has 3 heterocycles. The lowest BCUT2D eigenvalue weighted by Crippen LogP contribution is -2.43. The van der Waals surface area contributed by atoms with Crippen LogP contribution in [0.4, 0.5) is 13.9 Å². The Balaban J connectivity index is 1.47. The number of fused-ring (bicyclic) bond motifs is 1. The van der Waals surface area contributed by atoms with Crippen LogP contribution in [0.15, 0.2) is 29.6 Å². The van der Waals surface area contributed by atoms with E-state index in [1.165, 1.54) is 11.3 Å². The Hall–Kier alpha value is -2.39. The summed E-state index contributed by atoms with van der Waals surface area (Å²) >= 11 is 2.58. The zero-order chi connectivity index (χ0) is 19.0. The van der Waals surface area contributed by atoms with E-state index in [0.29, 0.717) is 17.7 Å². The van der Waals surface area contributed by atoms with Crippen molar-refractivity contribution in [3.05, 3.63) is 46.2 Å². The molecule has 1 fully saturated rings. The number of rotatable bonds is 4. The zero-order valence-electron chi connectivity index (χ0n) is 14.1. The van der Waals surface area contributed by atoms with Crippen molar-refractivity contribution in [3.8, 4) is 0 Å². The molecule has 0 bridgehead atoms. The average Bonchev–Trinajstić information content (AvgIpc) is 3.35. The summed E-state index contributed by atoms with van der Waals surface area (Å²) in [4.78, 5) is 31.9. The molecule has 1 aliphatic rings. The Morgan fingerprint density at radius 2 is 2.11 bits per heavy atom. The van der Waals surface area contributed by atoms with Gasteiger partial charge in [-0.1, -0.05) is 17.4 Å². The van der Waals surface area contributed by atoms with Crippen LogP contribution in [0.2, 0.25) is 0 Å². The van der Waals surface area contributed by atoms with Gasteiger partial charge in [-0.3, -0.25) is 9.59 Å². The number of nitrogens with one attached hydrogen (secondary N) is 1. The topological polar surface area (TPSA) is 62.3 Å². The summed E-state index contributed by atoms with van der Waals surface area (Å²) in [6.45, 7) is 0.540. The number of halogens is 2. The van der Waals surface area contributed by atoms with Crippen LogP contribution in [0.3, 0.4) is 0 Å². The number of thiophene rings is 1. The fraction of sp³-hybridized carbons (Fsp3) is 0.278. The van der Waals surface area contributed by atoms with Gasteiger partial charge in [0.05, 0.1) is 16.6 Å². The van der Waals surface area contributed by atoms with E-state index in [1.54, 1.807) is 4.90 Å². The number of anilines is 1. The average molecular weight is 407 g/mol. The van der Waals surface area contributed by atoms with Crippen LogP contribution in [0, 0.1) is 11.6 Å². The lowest BCUT2D eigenvalue weighted by atomic mass is 10.2. The monoisotopic (exact) mass is 407 g/mol. The molecule has 2 aromatic heterocycles. The smallest absolute Gasteiger partial charge is 0.248 e. The number of likely N-dealkylation sites (tertiary alicyclic amines) is 1. The Morgan fingerprint density at radius 3 is 2.89 bits per heavy atom. The molecule has 1 N–H and O–H groups in total. The molecule has 1 saturated heterocycles. The standard InChI is InChI=1S/C18H15F2N3O2S2/c19-11-8-13-15(9-12(11)20)27-18(21-13)22-17(25)14-4-1-5-23(14)16(24)7-10-3-2-6-26-10/h2-3,6,8-9,14H,1,4-5,7H2,(H,21,22,25). The number of amides is 2. The lowest BCUT2D eigenvalue weighted by Gasteiger charge is -2.23. The summed E-state index contributed by atoms with van der Waals surface area (Å²) in [5, 5.41) is 4.86. The van der Waals surface area contributed by atoms with Crippen LogP contribution in [0.1, 0.15) is 17.7 Å². The van der Waals surface area contributed by atoms with Crippen LogP contribution in [0.5, 0.6) is 0 Å². The molecule has 2 amide bonds. The van der Waals surface area contributed by atoms with Gasteiger partial charge in [-0.15, -0.1) is 11.3 Å². The molecular weight excluding hydrogens is 392 g/mol. The number of hydrogen-bond acceptors (Lipinski definition) is 5. The fourth-order valence-corrected chi connectivity index (χ4v) is 4.74. The minimum absolute atomic E-state index is 0.0801. The van der Waals surface area contributed by atoms with Gasteiger partial charge in [0.2, 0.25) is 11.8 Å². The van der Waals surface area contributed by atoms with Gasteiger partial charge in [-0.25, -0.2) is 13.8 Å². The van der Waals surface area contributed by atoms with E-state index in [4.69, 9.17) is 0 Å². The summed E-state index contributed by atoms with van der Waals surface area (Å²) in [7, 11) is 0. The van der Waals surface area contributed by atoms with Gasteiger partial charge in [0.25, 0.3) is 0 Å². The Morgan fingerprint density at radius 1 is 1.30 bits per heavy atom. The van der Waals surface area contributed by atoms with Crippen molar-refractivity contribution < 1.29 is 18.4 Å². The molecular formula is C18H15F2N3O2S2. The van der Waals surface area contributed by atoms with Crippen LogP contribution in [0.25, 0.3) is 10.2 Å². The van der Waals surface area contributed by atoms with Crippen molar-refractivity contribution >= 4 is 49.8 Å². The number of carbonyl (C=O) groups excluding carboxylic acids is 2. The molecule has 4 rings (SSSR count). The molecule has 1 aromatic carbocycles. The molecule has 0 spiro atoms. The quantitative estimate of drug-likeness (QED) is 0.715. The predicted molar refractivity (Wildman–Crippen MR) is 101 cm³/mol. The first-order chi connectivity index (χ1) is 13.0. The molecule has 3 aromatic rings. The summed E-state index contributed by atoms with van der Waals surface area (Å²) < 4.78 is 27.1. The lowest BCUT2D eigenvalue weighted by molar-refractivity contribution is -0.136. The highest BCUT2D eigenvalue weighted by Gasteiger charge is 2.34. The second kappa shape index (κ2) is 7.32. The minimum atomic E-state index is -0.980. The molecule has 1 atom stereocenters. The highest BCUT2D eigenvalue weighted by Crippen LogP contribution is 2.29. The highest BCUT2D eigenvalue weighted by molar-refractivity contribution is 7.22. The molecule has 27 heavy (non-hydrogen) atoms. The van der Waals surface area contributed by atoms with Gasteiger partial charge in [-0.05, 0) is 30.4 Å². The summed E-state index contributed by atoms with van der Waals surface area (Å²) in [5.41, 5.74) is 0.284. The SMILES string of the molecule is O=C(Nc1nc2cc(F)c(F)cc2s1)C1CCCN1C(=O)Cc1cccs1. The maximum absolute atomic E-state index is 13.3. The van der Waals surface area contributed by atoms with Crippen molar-refractivity contribution in [3.63, 3.8) is 0 Å².